The minimum absolute atomic E-state index is 0.269. The van der Waals surface area contributed by atoms with Crippen molar-refractivity contribution in [3.8, 4) is 6.07 Å². The number of anilines is 2. The average Bonchev–Trinajstić information content (AvgIpc) is 2.39. The molecule has 0 unspecified atom stereocenters. The molecule has 0 spiro atoms. The number of rotatable bonds is 3. The molecule has 19 heavy (non-hydrogen) atoms. The Morgan fingerprint density at radius 1 is 1.16 bits per heavy atom. The predicted molar refractivity (Wildman–Crippen MR) is 71.8 cm³/mol. The molecule has 0 saturated heterocycles. The molecule has 0 bridgehead atoms. The van der Waals surface area contributed by atoms with Crippen molar-refractivity contribution in [2.24, 2.45) is 0 Å². The molecule has 0 saturated carbocycles. The van der Waals surface area contributed by atoms with Crippen LogP contribution in [0.1, 0.15) is 5.56 Å². The van der Waals surface area contributed by atoms with Crippen molar-refractivity contribution in [3.63, 3.8) is 0 Å². The van der Waals surface area contributed by atoms with E-state index in [1.165, 1.54) is 18.3 Å². The first-order valence-electron chi connectivity index (χ1n) is 5.42. The number of benzene rings is 1. The number of aromatic nitrogens is 1. The molecule has 0 fully saturated rings. The van der Waals surface area contributed by atoms with Crippen molar-refractivity contribution in [3.05, 3.63) is 48.2 Å². The van der Waals surface area contributed by atoms with Gasteiger partial charge in [-0.25, -0.2) is 13.4 Å². The molecule has 0 radical (unpaired) electrons. The summed E-state index contributed by atoms with van der Waals surface area (Å²) in [5, 5.41) is 11.7. The first-order valence-corrected chi connectivity index (χ1v) is 7.31. The molecule has 1 aromatic carbocycles. The number of pyridine rings is 1. The van der Waals surface area contributed by atoms with Gasteiger partial charge in [0, 0.05) is 18.1 Å². The summed E-state index contributed by atoms with van der Waals surface area (Å²) in [5.41, 5.74) is 1.21. The average molecular weight is 273 g/mol. The Labute approximate surface area is 111 Å². The lowest BCUT2D eigenvalue weighted by atomic mass is 10.3. The molecular formula is C13H11N3O2S. The molecule has 6 heteroatoms. The SMILES string of the molecule is CS(=O)(=O)c1ccc(Nc2ccc(C#N)cn2)cc1. The van der Waals surface area contributed by atoms with Gasteiger partial charge >= 0.3 is 0 Å². The van der Waals surface area contributed by atoms with Gasteiger partial charge in [0.05, 0.1) is 10.5 Å². The maximum Gasteiger partial charge on any atom is 0.175 e. The summed E-state index contributed by atoms with van der Waals surface area (Å²) >= 11 is 0. The number of nitrogens with zero attached hydrogens (tertiary/aromatic N) is 2. The molecule has 1 aromatic heterocycles. The Bertz CT molecular complexity index is 714. The van der Waals surface area contributed by atoms with E-state index in [0.29, 0.717) is 11.4 Å². The van der Waals surface area contributed by atoms with Gasteiger partial charge in [-0.2, -0.15) is 5.26 Å². The molecule has 1 N–H and O–H groups in total. The van der Waals surface area contributed by atoms with Crippen LogP contribution in [-0.2, 0) is 9.84 Å². The molecule has 0 aliphatic carbocycles. The van der Waals surface area contributed by atoms with Crippen LogP contribution in [0, 0.1) is 11.3 Å². The molecular weight excluding hydrogens is 262 g/mol. The first-order chi connectivity index (χ1) is 8.99. The Kier molecular flexibility index (Phi) is 3.49. The van der Waals surface area contributed by atoms with Crippen LogP contribution < -0.4 is 5.32 Å². The van der Waals surface area contributed by atoms with E-state index in [2.05, 4.69) is 10.3 Å². The normalized spacial score (nSPS) is 10.7. The largest absolute Gasteiger partial charge is 0.340 e. The summed E-state index contributed by atoms with van der Waals surface area (Å²) in [6.45, 7) is 0. The second kappa shape index (κ2) is 5.08. The quantitative estimate of drug-likeness (QED) is 0.926. The van der Waals surface area contributed by atoms with Crippen LogP contribution >= 0.6 is 0 Å². The lowest BCUT2D eigenvalue weighted by Crippen LogP contribution is -1.98. The first kappa shape index (κ1) is 13.1. The third kappa shape index (κ3) is 3.30. The van der Waals surface area contributed by atoms with Crippen molar-refractivity contribution in [1.29, 1.82) is 5.26 Å². The topological polar surface area (TPSA) is 82.9 Å². The van der Waals surface area contributed by atoms with E-state index in [4.69, 9.17) is 5.26 Å². The van der Waals surface area contributed by atoms with Crippen molar-refractivity contribution >= 4 is 21.3 Å². The number of nitrogens with one attached hydrogen (secondary N) is 1. The lowest BCUT2D eigenvalue weighted by Gasteiger charge is -2.06. The van der Waals surface area contributed by atoms with E-state index in [1.54, 1.807) is 24.3 Å². The van der Waals surface area contributed by atoms with Gasteiger partial charge < -0.3 is 5.32 Å². The lowest BCUT2D eigenvalue weighted by molar-refractivity contribution is 0.602. The highest BCUT2D eigenvalue weighted by Gasteiger charge is 2.06. The summed E-state index contributed by atoms with van der Waals surface area (Å²) in [7, 11) is -3.18. The molecule has 0 aliphatic heterocycles. The molecule has 5 nitrogen and oxygen atoms in total. The maximum atomic E-state index is 11.3. The van der Waals surface area contributed by atoms with E-state index in [-0.39, 0.29) is 4.90 Å². The zero-order valence-corrected chi connectivity index (χ0v) is 11.0. The van der Waals surface area contributed by atoms with Crippen LogP contribution in [0.4, 0.5) is 11.5 Å². The van der Waals surface area contributed by atoms with Gasteiger partial charge in [-0.3, -0.25) is 0 Å². The fraction of sp³-hybridized carbons (Fsp3) is 0.0769. The summed E-state index contributed by atoms with van der Waals surface area (Å²) in [6.07, 6.45) is 2.63. The van der Waals surface area contributed by atoms with Crippen molar-refractivity contribution in [2.75, 3.05) is 11.6 Å². The molecule has 0 amide bonds. The second-order valence-corrected chi connectivity index (χ2v) is 5.98. The highest BCUT2D eigenvalue weighted by Crippen LogP contribution is 2.17. The zero-order valence-electron chi connectivity index (χ0n) is 10.2. The highest BCUT2D eigenvalue weighted by molar-refractivity contribution is 7.90. The molecule has 1 heterocycles. The van der Waals surface area contributed by atoms with Crippen LogP contribution in [0.3, 0.4) is 0 Å². The standard InChI is InChI=1S/C13H11N3O2S/c1-19(17,18)12-5-3-11(4-6-12)16-13-7-2-10(8-14)9-15-13/h2-7,9H,1H3,(H,15,16). The maximum absolute atomic E-state index is 11.3. The van der Waals surface area contributed by atoms with E-state index in [9.17, 15) is 8.42 Å². The third-order valence-electron chi connectivity index (χ3n) is 2.45. The van der Waals surface area contributed by atoms with Crippen LogP contribution in [0.5, 0.6) is 0 Å². The van der Waals surface area contributed by atoms with Gasteiger partial charge in [-0.1, -0.05) is 0 Å². The van der Waals surface area contributed by atoms with E-state index in [1.807, 2.05) is 6.07 Å². The minimum atomic E-state index is -3.18. The third-order valence-corrected chi connectivity index (χ3v) is 3.58. The van der Waals surface area contributed by atoms with Gasteiger partial charge in [-0.15, -0.1) is 0 Å². The van der Waals surface area contributed by atoms with E-state index < -0.39 is 9.84 Å². The van der Waals surface area contributed by atoms with Crippen molar-refractivity contribution < 1.29 is 8.42 Å². The van der Waals surface area contributed by atoms with Crippen molar-refractivity contribution in [2.45, 2.75) is 4.90 Å². The summed E-state index contributed by atoms with van der Waals surface area (Å²) in [4.78, 5) is 4.33. The second-order valence-electron chi connectivity index (χ2n) is 3.97. The number of hydrogen-bond donors (Lipinski definition) is 1. The molecule has 0 aliphatic rings. The van der Waals surface area contributed by atoms with Gasteiger partial charge in [0.15, 0.2) is 9.84 Å². The summed E-state index contributed by atoms with van der Waals surface area (Å²) in [5.74, 6) is 0.589. The van der Waals surface area contributed by atoms with Gasteiger partial charge in [0.2, 0.25) is 0 Å². The Morgan fingerprint density at radius 2 is 1.84 bits per heavy atom. The van der Waals surface area contributed by atoms with Gasteiger partial charge in [0.25, 0.3) is 0 Å². The number of hydrogen-bond acceptors (Lipinski definition) is 5. The van der Waals surface area contributed by atoms with Crippen LogP contribution in [0.25, 0.3) is 0 Å². The highest BCUT2D eigenvalue weighted by atomic mass is 32.2. The fourth-order valence-electron chi connectivity index (χ4n) is 1.47. The zero-order chi connectivity index (χ0) is 13.9. The fourth-order valence-corrected chi connectivity index (χ4v) is 2.10. The van der Waals surface area contributed by atoms with E-state index in [0.717, 1.165) is 11.9 Å². The van der Waals surface area contributed by atoms with Gasteiger partial charge in [0.1, 0.15) is 11.9 Å². The van der Waals surface area contributed by atoms with E-state index >= 15 is 0 Å². The summed E-state index contributed by atoms with van der Waals surface area (Å²) in [6, 6.07) is 11.7. The molecule has 96 valence electrons. The van der Waals surface area contributed by atoms with Crippen LogP contribution in [0.15, 0.2) is 47.5 Å². The predicted octanol–water partition coefficient (Wildman–Crippen LogP) is 2.10. The van der Waals surface area contributed by atoms with Gasteiger partial charge in [-0.05, 0) is 36.4 Å². The van der Waals surface area contributed by atoms with Crippen LogP contribution in [0.2, 0.25) is 0 Å². The Morgan fingerprint density at radius 3 is 2.32 bits per heavy atom. The molecule has 2 rings (SSSR count). The Hall–Kier alpha value is -2.39. The number of nitriles is 1. The molecule has 2 aromatic rings. The Balaban J connectivity index is 2.17. The summed E-state index contributed by atoms with van der Waals surface area (Å²) < 4.78 is 22.6. The molecule has 0 atom stereocenters. The smallest absolute Gasteiger partial charge is 0.175 e. The van der Waals surface area contributed by atoms with Crippen molar-refractivity contribution in [1.82, 2.24) is 4.98 Å². The monoisotopic (exact) mass is 273 g/mol. The van der Waals surface area contributed by atoms with Crippen LogP contribution in [-0.4, -0.2) is 19.7 Å². The minimum Gasteiger partial charge on any atom is -0.340 e. The number of sulfone groups is 1.